The van der Waals surface area contributed by atoms with Gasteiger partial charge in [-0.15, -0.1) is 10.2 Å². The molecular weight excluding hydrogens is 270 g/mol. The fraction of sp³-hybridized carbons (Fsp3) is 0.786. The molecule has 7 nitrogen and oxygen atoms in total. The summed E-state index contributed by atoms with van der Waals surface area (Å²) in [4.78, 5) is 14.5. The van der Waals surface area contributed by atoms with E-state index in [1.807, 2.05) is 20.8 Å². The van der Waals surface area contributed by atoms with E-state index in [1.54, 1.807) is 6.33 Å². The minimum Gasteiger partial charge on any atom is -0.465 e. The number of nitrogens with one attached hydrogen (secondary N) is 1. The van der Waals surface area contributed by atoms with E-state index in [9.17, 15) is 4.79 Å². The molecule has 1 atom stereocenters. The summed E-state index contributed by atoms with van der Waals surface area (Å²) in [5, 5.41) is 11.3. The van der Waals surface area contributed by atoms with Crippen molar-refractivity contribution in [3.8, 4) is 0 Å². The number of fused-ring (bicyclic) bond motifs is 1. The Hall–Kier alpha value is -1.47. The number of carbonyl (C=O) groups excluding carboxylic acids is 1. The first-order valence-corrected chi connectivity index (χ1v) is 7.60. The lowest BCUT2D eigenvalue weighted by Gasteiger charge is -2.32. The van der Waals surface area contributed by atoms with E-state index in [1.165, 1.54) is 0 Å². The number of carbonyl (C=O) groups is 1. The van der Waals surface area contributed by atoms with Gasteiger partial charge in [0, 0.05) is 19.6 Å². The molecule has 118 valence electrons. The third-order valence-electron chi connectivity index (χ3n) is 3.94. The topological polar surface area (TPSA) is 72.3 Å². The number of hydrogen-bond acceptors (Lipinski definition) is 6. The van der Waals surface area contributed by atoms with Crippen molar-refractivity contribution < 1.29 is 9.53 Å². The van der Waals surface area contributed by atoms with Crippen LogP contribution in [-0.4, -0.2) is 57.4 Å². The van der Waals surface area contributed by atoms with Crippen molar-refractivity contribution in [2.75, 3.05) is 26.2 Å². The van der Waals surface area contributed by atoms with Gasteiger partial charge < -0.3 is 14.6 Å². The highest BCUT2D eigenvalue weighted by Gasteiger charge is 2.34. The van der Waals surface area contributed by atoms with Gasteiger partial charge in [-0.25, -0.2) is 0 Å². The first kappa shape index (κ1) is 15.9. The van der Waals surface area contributed by atoms with Crippen LogP contribution in [0.2, 0.25) is 0 Å². The lowest BCUT2D eigenvalue weighted by Crippen LogP contribution is -2.52. The minimum absolute atomic E-state index is 0.174. The minimum atomic E-state index is -0.629. The third-order valence-corrected chi connectivity index (χ3v) is 3.94. The molecule has 1 N–H and O–H groups in total. The number of esters is 1. The van der Waals surface area contributed by atoms with Gasteiger partial charge in [0.25, 0.3) is 0 Å². The average Bonchev–Trinajstić information content (AvgIpc) is 2.93. The van der Waals surface area contributed by atoms with Gasteiger partial charge in [0.15, 0.2) is 0 Å². The van der Waals surface area contributed by atoms with Crippen molar-refractivity contribution in [3.05, 3.63) is 12.2 Å². The lowest BCUT2D eigenvalue weighted by atomic mass is 9.97. The van der Waals surface area contributed by atoms with E-state index < -0.39 is 5.54 Å². The van der Waals surface area contributed by atoms with Crippen LogP contribution in [0.15, 0.2) is 6.33 Å². The third kappa shape index (κ3) is 3.79. The molecule has 0 saturated heterocycles. The number of aromatic nitrogens is 3. The van der Waals surface area contributed by atoms with E-state index in [4.69, 9.17) is 4.74 Å². The van der Waals surface area contributed by atoms with Crippen molar-refractivity contribution in [2.45, 2.75) is 45.8 Å². The molecule has 1 unspecified atom stereocenters. The summed E-state index contributed by atoms with van der Waals surface area (Å²) in [6.45, 7) is 10.4. The monoisotopic (exact) mass is 295 g/mol. The summed E-state index contributed by atoms with van der Waals surface area (Å²) < 4.78 is 7.27. The molecule has 0 saturated carbocycles. The summed E-state index contributed by atoms with van der Waals surface area (Å²) >= 11 is 0. The number of rotatable bonds is 7. The van der Waals surface area contributed by atoms with Crippen LogP contribution in [0, 0.1) is 0 Å². The Morgan fingerprint density at radius 2 is 2.29 bits per heavy atom. The van der Waals surface area contributed by atoms with Crippen LogP contribution in [0.4, 0.5) is 0 Å². The van der Waals surface area contributed by atoms with E-state index in [2.05, 4.69) is 25.0 Å². The largest absolute Gasteiger partial charge is 0.465 e. The fourth-order valence-corrected chi connectivity index (χ4v) is 2.63. The van der Waals surface area contributed by atoms with Crippen LogP contribution < -0.4 is 5.32 Å². The molecule has 1 aromatic rings. The molecule has 0 aromatic carbocycles. The van der Waals surface area contributed by atoms with Gasteiger partial charge in [0.1, 0.15) is 17.7 Å². The van der Waals surface area contributed by atoms with E-state index >= 15 is 0 Å². The van der Waals surface area contributed by atoms with Crippen molar-refractivity contribution in [3.63, 3.8) is 0 Å². The van der Waals surface area contributed by atoms with Crippen LogP contribution in [0.25, 0.3) is 0 Å². The second-order valence-corrected chi connectivity index (χ2v) is 5.55. The Labute approximate surface area is 125 Å². The zero-order valence-corrected chi connectivity index (χ0v) is 13.1. The number of ether oxygens (including phenoxy) is 1. The van der Waals surface area contributed by atoms with Gasteiger partial charge in [-0.05, 0) is 26.8 Å². The Morgan fingerprint density at radius 3 is 3.00 bits per heavy atom. The number of hydrogen-bond donors (Lipinski definition) is 1. The van der Waals surface area contributed by atoms with Crippen LogP contribution in [-0.2, 0) is 22.6 Å². The lowest BCUT2D eigenvalue weighted by molar-refractivity contribution is -0.151. The Bertz CT molecular complexity index is 476. The highest BCUT2D eigenvalue weighted by Crippen LogP contribution is 2.16. The maximum Gasteiger partial charge on any atom is 0.326 e. The van der Waals surface area contributed by atoms with Crippen molar-refractivity contribution in [1.82, 2.24) is 25.0 Å². The molecule has 0 spiro atoms. The summed E-state index contributed by atoms with van der Waals surface area (Å²) in [5.74, 6) is 0.814. The first-order valence-electron chi connectivity index (χ1n) is 7.60. The van der Waals surface area contributed by atoms with Crippen LogP contribution in [0.5, 0.6) is 0 Å². The van der Waals surface area contributed by atoms with Gasteiger partial charge in [-0.1, -0.05) is 6.92 Å². The zero-order chi connectivity index (χ0) is 15.3. The quantitative estimate of drug-likeness (QED) is 0.735. The predicted molar refractivity (Wildman–Crippen MR) is 78.6 cm³/mol. The Kier molecular flexibility index (Phi) is 5.30. The predicted octanol–water partition coefficient (Wildman–Crippen LogP) is 0.415. The average molecular weight is 295 g/mol. The standard InChI is InChI=1S/C14H25N5O2/c1-4-15-14(3,13(20)21-5-2)6-7-18-8-9-19-11-16-17-12(19)10-18/h11,15H,4-10H2,1-3H3. The smallest absolute Gasteiger partial charge is 0.326 e. The van der Waals surface area contributed by atoms with Gasteiger partial charge in [-0.3, -0.25) is 9.69 Å². The van der Waals surface area contributed by atoms with E-state index in [0.29, 0.717) is 13.0 Å². The molecule has 1 aliphatic rings. The van der Waals surface area contributed by atoms with Crippen LogP contribution in [0.1, 0.15) is 33.0 Å². The summed E-state index contributed by atoms with van der Waals surface area (Å²) in [7, 11) is 0. The second-order valence-electron chi connectivity index (χ2n) is 5.55. The zero-order valence-electron chi connectivity index (χ0n) is 13.1. The van der Waals surface area contributed by atoms with Gasteiger partial charge in [-0.2, -0.15) is 0 Å². The highest BCUT2D eigenvalue weighted by molar-refractivity contribution is 5.80. The molecule has 1 aromatic heterocycles. The first-order chi connectivity index (χ1) is 10.1. The van der Waals surface area contributed by atoms with Gasteiger partial charge >= 0.3 is 5.97 Å². The molecule has 2 heterocycles. The van der Waals surface area contributed by atoms with Crippen molar-refractivity contribution in [1.29, 1.82) is 0 Å². The molecule has 2 rings (SSSR count). The maximum atomic E-state index is 12.2. The molecule has 0 radical (unpaired) electrons. The summed E-state index contributed by atoms with van der Waals surface area (Å²) in [6, 6.07) is 0. The number of likely N-dealkylation sites (N-methyl/N-ethyl adjacent to an activating group) is 1. The Balaban J connectivity index is 1.92. The van der Waals surface area contributed by atoms with Gasteiger partial charge in [0.05, 0.1) is 13.2 Å². The molecular formula is C14H25N5O2. The van der Waals surface area contributed by atoms with E-state index in [0.717, 1.165) is 38.5 Å². The van der Waals surface area contributed by atoms with Crippen molar-refractivity contribution in [2.24, 2.45) is 0 Å². The second kappa shape index (κ2) is 7.00. The highest BCUT2D eigenvalue weighted by atomic mass is 16.5. The van der Waals surface area contributed by atoms with Crippen LogP contribution in [0.3, 0.4) is 0 Å². The van der Waals surface area contributed by atoms with Gasteiger partial charge in [0.2, 0.25) is 0 Å². The van der Waals surface area contributed by atoms with Crippen LogP contribution >= 0.6 is 0 Å². The van der Waals surface area contributed by atoms with E-state index in [-0.39, 0.29) is 5.97 Å². The molecule has 0 aliphatic carbocycles. The maximum absolute atomic E-state index is 12.2. The molecule has 21 heavy (non-hydrogen) atoms. The summed E-state index contributed by atoms with van der Waals surface area (Å²) in [6.07, 6.45) is 2.49. The molecule has 1 aliphatic heterocycles. The molecule has 0 bridgehead atoms. The normalized spacial score (nSPS) is 18.0. The Morgan fingerprint density at radius 1 is 1.48 bits per heavy atom. The SMILES string of the molecule is CCNC(C)(CCN1CCn2cnnc2C1)C(=O)OCC. The molecule has 0 amide bonds. The fourth-order valence-electron chi connectivity index (χ4n) is 2.63. The number of nitrogens with zero attached hydrogens (tertiary/aromatic N) is 4. The van der Waals surface area contributed by atoms with Crippen molar-refractivity contribution >= 4 is 5.97 Å². The molecule has 0 fully saturated rings. The molecule has 7 heteroatoms. The summed E-state index contributed by atoms with van der Waals surface area (Å²) in [5.41, 5.74) is -0.629.